The molecule has 1 aliphatic heterocycles. The van der Waals surface area contributed by atoms with Crippen LogP contribution >= 0.6 is 0 Å². The molecule has 2 atom stereocenters. The molecular formula is C20H26F3N5O4. The highest BCUT2D eigenvalue weighted by atomic mass is 19.4. The number of alkyl halides is 3. The van der Waals surface area contributed by atoms with Gasteiger partial charge in [0.2, 0.25) is 5.89 Å². The first-order chi connectivity index (χ1) is 14.9. The summed E-state index contributed by atoms with van der Waals surface area (Å²) in [6.45, 7) is 7.96. The van der Waals surface area contributed by atoms with E-state index in [2.05, 4.69) is 20.4 Å². The molecule has 9 nitrogen and oxygen atoms in total. The summed E-state index contributed by atoms with van der Waals surface area (Å²) in [5.74, 6) is -0.326. The van der Waals surface area contributed by atoms with E-state index in [1.54, 1.807) is 0 Å². The lowest BCUT2D eigenvalue weighted by Gasteiger charge is -2.38. The van der Waals surface area contributed by atoms with E-state index in [9.17, 15) is 23.1 Å². The average molecular weight is 457 g/mol. The number of nitrogens with one attached hydrogen (secondary N) is 1. The Morgan fingerprint density at radius 2 is 2.03 bits per heavy atom. The molecule has 2 heterocycles. The Hall–Kier alpha value is -2.86. The van der Waals surface area contributed by atoms with E-state index in [0.29, 0.717) is 31.9 Å². The third-order valence-electron chi connectivity index (χ3n) is 5.47. The zero-order chi connectivity index (χ0) is 23.6. The van der Waals surface area contributed by atoms with Crippen LogP contribution in [0.4, 0.5) is 29.7 Å². The van der Waals surface area contributed by atoms with E-state index < -0.39 is 24.8 Å². The Morgan fingerprint density at radius 3 is 2.66 bits per heavy atom. The number of carboxylic acid groups (broad SMARTS) is 1. The smallest absolute Gasteiger partial charge is 0.414 e. The third-order valence-corrected chi connectivity index (χ3v) is 5.47. The summed E-state index contributed by atoms with van der Waals surface area (Å²) in [6.07, 6.45) is -9.09. The molecule has 0 radical (unpaired) electrons. The van der Waals surface area contributed by atoms with Gasteiger partial charge < -0.3 is 24.8 Å². The van der Waals surface area contributed by atoms with Crippen LogP contribution in [0.1, 0.15) is 29.5 Å². The predicted molar refractivity (Wildman–Crippen MR) is 109 cm³/mol. The number of anilines is 2. The number of nitrogens with zero attached hydrogens (tertiary/aromatic N) is 4. The van der Waals surface area contributed by atoms with E-state index in [1.165, 1.54) is 4.90 Å². The summed E-state index contributed by atoms with van der Waals surface area (Å²) in [6, 6.07) is 3.71. The number of aryl methyl sites for hydroxylation is 1. The molecule has 176 valence electrons. The first-order valence-corrected chi connectivity index (χ1v) is 10.1. The van der Waals surface area contributed by atoms with Crippen molar-refractivity contribution in [2.24, 2.45) is 0 Å². The zero-order valence-electron chi connectivity index (χ0n) is 18.0. The van der Waals surface area contributed by atoms with E-state index in [0.717, 1.165) is 16.7 Å². The van der Waals surface area contributed by atoms with E-state index in [1.807, 2.05) is 32.9 Å². The van der Waals surface area contributed by atoms with Gasteiger partial charge in [-0.25, -0.2) is 4.79 Å². The number of amides is 1. The quantitative estimate of drug-likeness (QED) is 0.606. The fourth-order valence-corrected chi connectivity index (χ4v) is 3.71. The molecule has 3 N–H and O–H groups in total. The number of carbonyl (C=O) groups is 1. The number of hydrogen-bond acceptors (Lipinski definition) is 7. The van der Waals surface area contributed by atoms with Crippen molar-refractivity contribution >= 4 is 17.8 Å². The van der Waals surface area contributed by atoms with Crippen LogP contribution in [-0.4, -0.2) is 74.3 Å². The van der Waals surface area contributed by atoms with E-state index >= 15 is 0 Å². The molecule has 0 spiro atoms. The SMILES string of the molecule is Cc1cc(CN2CCN(C(=O)O)[C@@H](C)C2)c(C)c(Nc2nnc(C[C@@H](O)C(F)(F)F)o2)c1. The molecule has 1 fully saturated rings. The van der Waals surface area contributed by atoms with Crippen molar-refractivity contribution in [3.8, 4) is 0 Å². The second kappa shape index (κ2) is 9.33. The minimum absolute atomic E-state index is 0.0716. The van der Waals surface area contributed by atoms with Gasteiger partial charge in [-0.15, -0.1) is 5.10 Å². The van der Waals surface area contributed by atoms with Crippen LogP contribution < -0.4 is 5.32 Å². The summed E-state index contributed by atoms with van der Waals surface area (Å²) in [7, 11) is 0. The summed E-state index contributed by atoms with van der Waals surface area (Å²) in [5, 5.41) is 28.6. The van der Waals surface area contributed by atoms with Crippen LogP contribution in [-0.2, 0) is 13.0 Å². The van der Waals surface area contributed by atoms with Gasteiger partial charge in [0.1, 0.15) is 0 Å². The molecule has 0 aliphatic carbocycles. The van der Waals surface area contributed by atoms with Gasteiger partial charge >= 0.3 is 18.3 Å². The fraction of sp³-hybridized carbons (Fsp3) is 0.550. The van der Waals surface area contributed by atoms with Crippen molar-refractivity contribution in [2.45, 2.75) is 52.1 Å². The normalized spacial score (nSPS) is 18.6. The van der Waals surface area contributed by atoms with E-state index in [-0.39, 0.29) is 17.9 Å². The van der Waals surface area contributed by atoms with Gasteiger partial charge in [0.15, 0.2) is 6.10 Å². The maximum Gasteiger partial charge on any atom is 0.414 e. The topological polar surface area (TPSA) is 115 Å². The van der Waals surface area contributed by atoms with Crippen molar-refractivity contribution in [3.63, 3.8) is 0 Å². The molecule has 1 saturated heterocycles. The van der Waals surface area contributed by atoms with Gasteiger partial charge in [-0.1, -0.05) is 11.2 Å². The highest BCUT2D eigenvalue weighted by Gasteiger charge is 2.39. The lowest BCUT2D eigenvalue weighted by Crippen LogP contribution is -2.53. The highest BCUT2D eigenvalue weighted by Crippen LogP contribution is 2.27. The predicted octanol–water partition coefficient (Wildman–Crippen LogP) is 3.08. The molecule has 2 aromatic rings. The second-order valence-electron chi connectivity index (χ2n) is 8.04. The molecule has 0 unspecified atom stereocenters. The van der Waals surface area contributed by atoms with Crippen molar-refractivity contribution in [1.29, 1.82) is 0 Å². The highest BCUT2D eigenvalue weighted by molar-refractivity contribution is 5.65. The Labute approximate surface area is 182 Å². The van der Waals surface area contributed by atoms with Crippen LogP contribution in [0.2, 0.25) is 0 Å². The largest absolute Gasteiger partial charge is 0.465 e. The van der Waals surface area contributed by atoms with Gasteiger partial charge in [0.05, 0.1) is 6.42 Å². The summed E-state index contributed by atoms with van der Waals surface area (Å²) < 4.78 is 42.8. The number of aromatic nitrogens is 2. The third kappa shape index (κ3) is 5.68. The molecule has 32 heavy (non-hydrogen) atoms. The molecule has 0 bridgehead atoms. The van der Waals surface area contributed by atoms with Crippen molar-refractivity contribution in [1.82, 2.24) is 20.0 Å². The Bertz CT molecular complexity index is 965. The zero-order valence-corrected chi connectivity index (χ0v) is 18.0. The number of benzene rings is 1. The Balaban J connectivity index is 1.70. The first kappa shape index (κ1) is 23.8. The van der Waals surface area contributed by atoms with Gasteiger partial charge in [-0.2, -0.15) is 13.2 Å². The molecular weight excluding hydrogens is 431 g/mol. The molecule has 1 aromatic carbocycles. The summed E-state index contributed by atoms with van der Waals surface area (Å²) >= 11 is 0. The second-order valence-corrected chi connectivity index (χ2v) is 8.04. The van der Waals surface area contributed by atoms with Crippen molar-refractivity contribution < 1.29 is 32.6 Å². The summed E-state index contributed by atoms with van der Waals surface area (Å²) in [5.41, 5.74) is 3.55. The van der Waals surface area contributed by atoms with Crippen molar-refractivity contribution in [3.05, 3.63) is 34.7 Å². The number of aliphatic hydroxyl groups excluding tert-OH is 1. The number of aliphatic hydroxyl groups is 1. The minimum Gasteiger partial charge on any atom is -0.465 e. The molecule has 3 rings (SSSR count). The van der Waals surface area contributed by atoms with Crippen LogP contribution in [0.15, 0.2) is 16.5 Å². The Morgan fingerprint density at radius 1 is 1.31 bits per heavy atom. The van der Waals surface area contributed by atoms with Crippen LogP contribution in [0, 0.1) is 13.8 Å². The molecule has 12 heteroatoms. The van der Waals surface area contributed by atoms with Gasteiger partial charge in [0, 0.05) is 37.9 Å². The maximum absolute atomic E-state index is 12.5. The average Bonchev–Trinajstić information content (AvgIpc) is 3.11. The van der Waals surface area contributed by atoms with Crippen molar-refractivity contribution in [2.75, 3.05) is 25.0 Å². The van der Waals surface area contributed by atoms with Crippen LogP contribution in [0.25, 0.3) is 0 Å². The molecule has 1 aromatic heterocycles. The standard InChI is InChI=1S/C20H26F3N5O4/c1-11-6-14(10-27-4-5-28(19(30)31)12(2)9-27)13(3)15(7-11)24-18-26-25-17(32-18)8-16(29)20(21,22)23/h6-7,12,16,29H,4-5,8-10H2,1-3H3,(H,24,26)(H,30,31)/t12-,16+/m0/s1. The monoisotopic (exact) mass is 457 g/mol. The van der Waals surface area contributed by atoms with E-state index in [4.69, 9.17) is 9.52 Å². The molecule has 0 saturated carbocycles. The Kier molecular flexibility index (Phi) is 6.94. The number of hydrogen-bond donors (Lipinski definition) is 3. The molecule has 1 amide bonds. The number of rotatable bonds is 6. The number of halogens is 3. The van der Waals surface area contributed by atoms with Gasteiger partial charge in [-0.3, -0.25) is 4.90 Å². The lowest BCUT2D eigenvalue weighted by molar-refractivity contribution is -0.204. The van der Waals surface area contributed by atoms with Crippen LogP contribution in [0.5, 0.6) is 0 Å². The molecule has 1 aliphatic rings. The van der Waals surface area contributed by atoms with Crippen LogP contribution in [0.3, 0.4) is 0 Å². The lowest BCUT2D eigenvalue weighted by atomic mass is 10.0. The minimum atomic E-state index is -4.77. The maximum atomic E-state index is 12.5. The van der Waals surface area contributed by atoms with Gasteiger partial charge in [-0.05, 0) is 43.5 Å². The first-order valence-electron chi connectivity index (χ1n) is 10.1. The number of piperazine rings is 1. The van der Waals surface area contributed by atoms with Gasteiger partial charge in [0.25, 0.3) is 0 Å². The summed E-state index contributed by atoms with van der Waals surface area (Å²) in [4.78, 5) is 14.9. The fourth-order valence-electron chi connectivity index (χ4n) is 3.71.